The first-order valence-electron chi connectivity index (χ1n) is 4.37. The Morgan fingerprint density at radius 3 is 2.50 bits per heavy atom. The van der Waals surface area contributed by atoms with Crippen LogP contribution in [0, 0.1) is 13.8 Å². The van der Waals surface area contributed by atoms with Crippen molar-refractivity contribution in [3.63, 3.8) is 0 Å². The average Bonchev–Trinajstić information content (AvgIpc) is 2.48. The Bertz CT molecular complexity index is 443. The molecule has 1 nitrogen and oxygen atoms in total. The molecule has 1 aromatic heterocycles. The molecule has 0 aliphatic heterocycles. The van der Waals surface area contributed by atoms with E-state index in [4.69, 9.17) is 11.6 Å². The maximum atomic E-state index is 5.99. The molecule has 0 radical (unpaired) electrons. The lowest BCUT2D eigenvalue weighted by molar-refractivity contribution is 1.26. The van der Waals surface area contributed by atoms with Crippen LogP contribution in [0.25, 0.3) is 10.6 Å². The van der Waals surface area contributed by atoms with Crippen LogP contribution in [-0.4, -0.2) is 4.98 Å². The van der Waals surface area contributed by atoms with Crippen molar-refractivity contribution < 1.29 is 0 Å². The highest BCUT2D eigenvalue weighted by atomic mass is 35.5. The van der Waals surface area contributed by atoms with Gasteiger partial charge < -0.3 is 0 Å². The fourth-order valence-electron chi connectivity index (χ4n) is 1.31. The summed E-state index contributed by atoms with van der Waals surface area (Å²) < 4.78 is 0.781. The zero-order chi connectivity index (χ0) is 10.1. The van der Waals surface area contributed by atoms with E-state index >= 15 is 0 Å². The molecule has 2 rings (SSSR count). The largest absolute Gasteiger partial charge is 0.240 e. The van der Waals surface area contributed by atoms with Crippen molar-refractivity contribution in [2.24, 2.45) is 0 Å². The molecule has 0 aliphatic carbocycles. The molecule has 0 fully saturated rings. The maximum Gasteiger partial charge on any atom is 0.125 e. The Kier molecular flexibility index (Phi) is 2.57. The summed E-state index contributed by atoms with van der Waals surface area (Å²) in [5.41, 5.74) is 3.32. The number of aromatic nitrogens is 1. The van der Waals surface area contributed by atoms with E-state index in [9.17, 15) is 0 Å². The molecule has 72 valence electrons. The lowest BCUT2D eigenvalue weighted by Gasteiger charge is -1.99. The summed E-state index contributed by atoms with van der Waals surface area (Å²) in [5.74, 6) is 0. The Balaban J connectivity index is 2.55. The number of nitrogens with zero attached hydrogens (tertiary/aromatic N) is 1. The molecule has 0 atom stereocenters. The number of thiazole rings is 1. The second kappa shape index (κ2) is 3.71. The van der Waals surface area contributed by atoms with Gasteiger partial charge in [0, 0.05) is 5.56 Å². The predicted molar refractivity (Wildman–Crippen MR) is 62.0 cm³/mol. The number of hydrogen-bond acceptors (Lipinski definition) is 2. The Hall–Kier alpha value is -0.860. The lowest BCUT2D eigenvalue weighted by Crippen LogP contribution is -1.81. The summed E-state index contributed by atoms with van der Waals surface area (Å²) in [6, 6.07) is 8.21. The van der Waals surface area contributed by atoms with E-state index in [0.29, 0.717) is 0 Å². The SMILES string of the molecule is Cc1ccccc1-c1nc(C)c(Cl)s1. The Morgan fingerprint density at radius 2 is 1.93 bits per heavy atom. The summed E-state index contributed by atoms with van der Waals surface area (Å²) in [5, 5.41) is 1.01. The number of benzene rings is 1. The van der Waals surface area contributed by atoms with Crippen LogP contribution in [0.5, 0.6) is 0 Å². The molecule has 0 bridgehead atoms. The third-order valence-corrected chi connectivity index (χ3v) is 3.60. The van der Waals surface area contributed by atoms with Gasteiger partial charge in [-0.2, -0.15) is 0 Å². The van der Waals surface area contributed by atoms with Crippen molar-refractivity contribution >= 4 is 22.9 Å². The standard InChI is InChI=1S/C11H10ClNS/c1-7-5-3-4-6-9(7)11-13-8(2)10(12)14-11/h3-6H,1-2H3. The van der Waals surface area contributed by atoms with Crippen LogP contribution < -0.4 is 0 Å². The van der Waals surface area contributed by atoms with Crippen LogP contribution >= 0.6 is 22.9 Å². The third-order valence-electron chi connectivity index (χ3n) is 2.12. The molecule has 0 saturated heterocycles. The van der Waals surface area contributed by atoms with Gasteiger partial charge in [0.2, 0.25) is 0 Å². The van der Waals surface area contributed by atoms with Crippen LogP contribution in [-0.2, 0) is 0 Å². The van der Waals surface area contributed by atoms with E-state index in [1.807, 2.05) is 19.1 Å². The molecule has 0 N–H and O–H groups in total. The summed E-state index contributed by atoms with van der Waals surface area (Å²) >= 11 is 7.52. The molecule has 0 saturated carbocycles. The molecule has 1 aromatic carbocycles. The van der Waals surface area contributed by atoms with Crippen LogP contribution in [0.1, 0.15) is 11.3 Å². The highest BCUT2D eigenvalue weighted by Gasteiger charge is 2.08. The summed E-state index contributed by atoms with van der Waals surface area (Å²) in [6.07, 6.45) is 0. The summed E-state index contributed by atoms with van der Waals surface area (Å²) in [7, 11) is 0. The van der Waals surface area contributed by atoms with Crippen molar-refractivity contribution in [3.05, 3.63) is 39.9 Å². The van der Waals surface area contributed by atoms with Crippen LogP contribution in [0.15, 0.2) is 24.3 Å². The number of aryl methyl sites for hydroxylation is 2. The molecular formula is C11H10ClNS. The molecule has 0 unspecified atom stereocenters. The van der Waals surface area contributed by atoms with E-state index in [1.165, 1.54) is 22.5 Å². The predicted octanol–water partition coefficient (Wildman–Crippen LogP) is 4.08. The van der Waals surface area contributed by atoms with Crippen molar-refractivity contribution in [2.75, 3.05) is 0 Å². The normalized spacial score (nSPS) is 10.5. The number of rotatable bonds is 1. The minimum Gasteiger partial charge on any atom is -0.240 e. The molecule has 1 heterocycles. The fourth-order valence-corrected chi connectivity index (χ4v) is 2.45. The van der Waals surface area contributed by atoms with Crippen molar-refractivity contribution in [2.45, 2.75) is 13.8 Å². The smallest absolute Gasteiger partial charge is 0.125 e. The van der Waals surface area contributed by atoms with Crippen LogP contribution in [0.3, 0.4) is 0 Å². The molecule has 3 heteroatoms. The highest BCUT2D eigenvalue weighted by molar-refractivity contribution is 7.19. The van der Waals surface area contributed by atoms with Crippen molar-refractivity contribution in [3.8, 4) is 10.6 Å². The van der Waals surface area contributed by atoms with E-state index in [1.54, 1.807) is 0 Å². The van der Waals surface area contributed by atoms with Gasteiger partial charge in [0.05, 0.1) is 5.69 Å². The number of halogens is 1. The molecule has 0 spiro atoms. The minimum atomic E-state index is 0.781. The van der Waals surface area contributed by atoms with E-state index in [0.717, 1.165) is 15.0 Å². The topological polar surface area (TPSA) is 12.9 Å². The molecule has 2 aromatic rings. The Labute approximate surface area is 92.4 Å². The quantitative estimate of drug-likeness (QED) is 0.710. The number of hydrogen-bond donors (Lipinski definition) is 0. The Morgan fingerprint density at radius 1 is 1.21 bits per heavy atom. The first-order valence-corrected chi connectivity index (χ1v) is 5.57. The van der Waals surface area contributed by atoms with Gasteiger partial charge in [-0.3, -0.25) is 0 Å². The van der Waals surface area contributed by atoms with Gasteiger partial charge >= 0.3 is 0 Å². The molecule has 0 aliphatic rings. The fraction of sp³-hybridized carbons (Fsp3) is 0.182. The zero-order valence-electron chi connectivity index (χ0n) is 8.04. The van der Waals surface area contributed by atoms with Gasteiger partial charge in [0.1, 0.15) is 9.34 Å². The highest BCUT2D eigenvalue weighted by Crippen LogP contribution is 2.32. The van der Waals surface area contributed by atoms with Crippen molar-refractivity contribution in [1.82, 2.24) is 4.98 Å². The second-order valence-corrected chi connectivity index (χ2v) is 4.79. The van der Waals surface area contributed by atoms with Gasteiger partial charge in [-0.1, -0.05) is 35.9 Å². The first-order chi connectivity index (χ1) is 6.68. The average molecular weight is 224 g/mol. The van der Waals surface area contributed by atoms with E-state index in [-0.39, 0.29) is 0 Å². The van der Waals surface area contributed by atoms with Crippen LogP contribution in [0.2, 0.25) is 4.34 Å². The van der Waals surface area contributed by atoms with E-state index < -0.39 is 0 Å². The molecule has 14 heavy (non-hydrogen) atoms. The van der Waals surface area contributed by atoms with Crippen LogP contribution in [0.4, 0.5) is 0 Å². The second-order valence-electron chi connectivity index (χ2n) is 3.19. The van der Waals surface area contributed by atoms with Gasteiger partial charge in [0.25, 0.3) is 0 Å². The van der Waals surface area contributed by atoms with Crippen molar-refractivity contribution in [1.29, 1.82) is 0 Å². The van der Waals surface area contributed by atoms with E-state index in [2.05, 4.69) is 24.0 Å². The monoisotopic (exact) mass is 223 g/mol. The summed E-state index contributed by atoms with van der Waals surface area (Å²) in [4.78, 5) is 4.43. The molecular weight excluding hydrogens is 214 g/mol. The lowest BCUT2D eigenvalue weighted by atomic mass is 10.1. The zero-order valence-corrected chi connectivity index (χ0v) is 9.62. The maximum absolute atomic E-state index is 5.99. The third kappa shape index (κ3) is 1.68. The molecule has 0 amide bonds. The van der Waals surface area contributed by atoms with Gasteiger partial charge in [0.15, 0.2) is 0 Å². The minimum absolute atomic E-state index is 0.781. The van der Waals surface area contributed by atoms with Gasteiger partial charge in [-0.25, -0.2) is 4.98 Å². The summed E-state index contributed by atoms with van der Waals surface area (Å²) in [6.45, 7) is 4.01. The van der Waals surface area contributed by atoms with Gasteiger partial charge in [-0.15, -0.1) is 11.3 Å². The first kappa shape index (κ1) is 9.69. The van der Waals surface area contributed by atoms with Gasteiger partial charge in [-0.05, 0) is 19.4 Å².